The Kier molecular flexibility index (Phi) is 8.74. The molecular weight excluding hydrogens is 576 g/mol. The number of carbonyl (C=O) groups excluding carboxylic acids is 1. The van der Waals surface area contributed by atoms with Gasteiger partial charge in [-0.25, -0.2) is 14.8 Å². The summed E-state index contributed by atoms with van der Waals surface area (Å²) in [7, 11) is 1.39. The maximum absolute atomic E-state index is 13.2. The van der Waals surface area contributed by atoms with E-state index < -0.39 is 17.7 Å². The molecule has 0 N–H and O–H groups in total. The number of halogens is 1. The van der Waals surface area contributed by atoms with Crippen molar-refractivity contribution in [2.24, 2.45) is 0 Å². The van der Waals surface area contributed by atoms with Gasteiger partial charge in [0.15, 0.2) is 16.1 Å². The molecule has 7 nitrogen and oxygen atoms in total. The quantitative estimate of drug-likeness (QED) is 0.199. The van der Waals surface area contributed by atoms with Crippen LogP contribution in [0.1, 0.15) is 51.8 Å². The molecule has 1 saturated heterocycles. The van der Waals surface area contributed by atoms with Gasteiger partial charge in [-0.3, -0.25) is 4.90 Å². The third-order valence-electron chi connectivity index (χ3n) is 7.24. The van der Waals surface area contributed by atoms with Crippen LogP contribution in [0.4, 0.5) is 5.00 Å². The van der Waals surface area contributed by atoms with Crippen molar-refractivity contribution in [1.29, 1.82) is 0 Å². The molecule has 1 aliphatic rings. The molecule has 5 rings (SSSR count). The maximum atomic E-state index is 13.2. The van der Waals surface area contributed by atoms with Crippen LogP contribution in [0, 0.1) is 6.92 Å². The molecule has 0 radical (unpaired) electrons. The van der Waals surface area contributed by atoms with Gasteiger partial charge in [0.05, 0.1) is 29.1 Å². The predicted octanol–water partition coefficient (Wildman–Crippen LogP) is 7.61. The van der Waals surface area contributed by atoms with Gasteiger partial charge in [0.2, 0.25) is 0 Å². The first-order valence-electron chi connectivity index (χ1n) is 13.9. The lowest BCUT2D eigenvalue weighted by Gasteiger charge is -2.37. The van der Waals surface area contributed by atoms with Crippen LogP contribution in [0.2, 0.25) is 5.02 Å². The van der Waals surface area contributed by atoms with Crippen LogP contribution in [0.15, 0.2) is 36.5 Å². The lowest BCUT2D eigenvalue weighted by atomic mass is 9.91. The molecule has 10 heteroatoms. The summed E-state index contributed by atoms with van der Waals surface area (Å²) < 4.78 is 12.5. The number of carbonyl (C=O) groups is 1. The summed E-state index contributed by atoms with van der Waals surface area (Å²) in [5.74, 6) is -0.440. The fraction of sp³-hybridized carbons (Fsp3) is 0.452. The highest BCUT2D eigenvalue weighted by Crippen LogP contribution is 2.45. The second-order valence-electron chi connectivity index (χ2n) is 11.6. The molecule has 218 valence electrons. The van der Waals surface area contributed by atoms with E-state index in [1.165, 1.54) is 12.1 Å². The summed E-state index contributed by atoms with van der Waals surface area (Å²) >= 11 is 9.53. The van der Waals surface area contributed by atoms with Crippen molar-refractivity contribution in [3.8, 4) is 21.1 Å². The van der Waals surface area contributed by atoms with Gasteiger partial charge in [0.1, 0.15) is 5.00 Å². The van der Waals surface area contributed by atoms with Crippen molar-refractivity contribution in [3.63, 3.8) is 0 Å². The van der Waals surface area contributed by atoms with Gasteiger partial charge in [-0.1, -0.05) is 35.1 Å². The smallest absolute Gasteiger partial charge is 0.339 e. The SMILES string of the molecule is COC(=O)C(OC(C)(C)C)c1c(C)cc2nc(-c3ncc(N4CCN(C(C)C)CC4)s3)sc2c1-c1ccc(Cl)cc1. The summed E-state index contributed by atoms with van der Waals surface area (Å²) in [6, 6.07) is 10.3. The number of esters is 1. The Hall–Kier alpha value is -2.56. The van der Waals surface area contributed by atoms with Crippen molar-refractivity contribution in [1.82, 2.24) is 14.9 Å². The van der Waals surface area contributed by atoms with Gasteiger partial charge in [0, 0.05) is 48.4 Å². The van der Waals surface area contributed by atoms with E-state index in [1.54, 1.807) is 22.7 Å². The molecule has 0 aliphatic carbocycles. The average Bonchev–Trinajstić information content (AvgIpc) is 3.58. The zero-order valence-corrected chi connectivity index (χ0v) is 27.0. The van der Waals surface area contributed by atoms with Crippen molar-refractivity contribution >= 4 is 55.5 Å². The van der Waals surface area contributed by atoms with Crippen molar-refractivity contribution in [3.05, 3.63) is 52.7 Å². The molecule has 41 heavy (non-hydrogen) atoms. The molecule has 2 aromatic carbocycles. The number of thiazole rings is 2. The third-order valence-corrected chi connectivity index (χ3v) is 9.78. The van der Waals surface area contributed by atoms with Crippen LogP contribution in [-0.4, -0.2) is 65.8 Å². The molecule has 3 heterocycles. The highest BCUT2D eigenvalue weighted by atomic mass is 35.5. The largest absolute Gasteiger partial charge is 0.467 e. The van der Waals surface area contributed by atoms with Crippen molar-refractivity contribution < 1.29 is 14.3 Å². The summed E-state index contributed by atoms with van der Waals surface area (Å²) in [6.07, 6.45) is 1.06. The molecule has 2 aromatic heterocycles. The summed E-state index contributed by atoms with van der Waals surface area (Å²) in [5.41, 5.74) is 3.80. The fourth-order valence-electron chi connectivity index (χ4n) is 5.20. The van der Waals surface area contributed by atoms with Crippen LogP contribution in [0.3, 0.4) is 0 Å². The third kappa shape index (κ3) is 6.44. The number of fused-ring (bicyclic) bond motifs is 1. The minimum Gasteiger partial charge on any atom is -0.467 e. The summed E-state index contributed by atoms with van der Waals surface area (Å²) in [5, 5.41) is 3.56. The van der Waals surface area contributed by atoms with Crippen LogP contribution >= 0.6 is 34.3 Å². The maximum Gasteiger partial charge on any atom is 0.339 e. The molecule has 0 saturated carbocycles. The van der Waals surface area contributed by atoms with E-state index in [9.17, 15) is 4.79 Å². The monoisotopic (exact) mass is 612 g/mol. The van der Waals surface area contributed by atoms with Crippen molar-refractivity contribution in [2.45, 2.75) is 59.3 Å². The number of hydrogen-bond acceptors (Lipinski definition) is 9. The number of aromatic nitrogens is 2. The number of aryl methyl sites for hydroxylation is 1. The van der Waals surface area contributed by atoms with E-state index in [-0.39, 0.29) is 0 Å². The Morgan fingerprint density at radius 3 is 2.34 bits per heavy atom. The zero-order chi connectivity index (χ0) is 29.5. The number of methoxy groups -OCH3 is 1. The molecular formula is C31H37ClN4O3S2. The lowest BCUT2D eigenvalue weighted by Crippen LogP contribution is -2.48. The van der Waals surface area contributed by atoms with Gasteiger partial charge in [-0.2, -0.15) is 0 Å². The van der Waals surface area contributed by atoms with E-state index >= 15 is 0 Å². The lowest BCUT2D eigenvalue weighted by molar-refractivity contribution is -0.164. The van der Waals surface area contributed by atoms with Gasteiger partial charge < -0.3 is 14.4 Å². The van der Waals surface area contributed by atoms with Crippen LogP contribution in [-0.2, 0) is 14.3 Å². The number of rotatable bonds is 7. The van der Waals surface area contributed by atoms with E-state index in [0.717, 1.165) is 68.7 Å². The molecule has 0 amide bonds. The van der Waals surface area contributed by atoms with E-state index in [0.29, 0.717) is 11.1 Å². The number of ether oxygens (including phenoxy) is 2. The van der Waals surface area contributed by atoms with E-state index in [2.05, 4.69) is 23.6 Å². The molecule has 1 unspecified atom stereocenters. The minimum absolute atomic E-state index is 0.440. The van der Waals surface area contributed by atoms with Crippen LogP contribution < -0.4 is 4.90 Å². The van der Waals surface area contributed by atoms with Gasteiger partial charge in [0.25, 0.3) is 0 Å². The number of hydrogen-bond donors (Lipinski definition) is 0. The second kappa shape index (κ2) is 12.0. The second-order valence-corrected chi connectivity index (χ2v) is 14.1. The minimum atomic E-state index is -0.906. The zero-order valence-electron chi connectivity index (χ0n) is 24.7. The number of anilines is 1. The highest BCUT2D eigenvalue weighted by Gasteiger charge is 2.33. The first kappa shape index (κ1) is 29.9. The number of nitrogens with zero attached hydrogens (tertiary/aromatic N) is 4. The average molecular weight is 613 g/mol. The van der Waals surface area contributed by atoms with Gasteiger partial charge in [-0.15, -0.1) is 11.3 Å². The molecule has 0 bridgehead atoms. The van der Waals surface area contributed by atoms with E-state index in [1.807, 2.05) is 64.2 Å². The summed E-state index contributed by atoms with van der Waals surface area (Å²) in [4.78, 5) is 27.9. The van der Waals surface area contributed by atoms with Crippen molar-refractivity contribution in [2.75, 3.05) is 38.2 Å². The first-order chi connectivity index (χ1) is 19.4. The molecule has 1 fully saturated rings. The topological polar surface area (TPSA) is 67.8 Å². The molecule has 1 atom stereocenters. The Labute approximate surface area is 255 Å². The van der Waals surface area contributed by atoms with Crippen LogP contribution in [0.5, 0.6) is 0 Å². The predicted molar refractivity (Wildman–Crippen MR) is 170 cm³/mol. The molecule has 0 spiro atoms. The number of benzene rings is 2. The Bertz CT molecular complexity index is 1530. The highest BCUT2D eigenvalue weighted by molar-refractivity contribution is 7.26. The normalized spacial score (nSPS) is 15.6. The van der Waals surface area contributed by atoms with Gasteiger partial charge in [-0.05, 0) is 70.9 Å². The first-order valence-corrected chi connectivity index (χ1v) is 15.9. The Balaban J connectivity index is 1.61. The molecule has 1 aliphatic heterocycles. The Morgan fingerprint density at radius 1 is 1.05 bits per heavy atom. The van der Waals surface area contributed by atoms with Crippen LogP contribution in [0.25, 0.3) is 31.4 Å². The summed E-state index contributed by atoms with van der Waals surface area (Å²) in [6.45, 7) is 16.4. The molecule has 4 aromatic rings. The number of piperazine rings is 1. The fourth-order valence-corrected chi connectivity index (χ4v) is 7.44. The standard InChI is InChI=1S/C31H37ClN4O3S2/c1-18(2)35-12-14-36(15-13-35)23-17-33-28(40-23)29-34-22-16-19(3)24(26(30(37)38-7)39-31(4,5)6)25(27(22)41-29)20-8-10-21(32)11-9-20/h8-11,16-18,26H,12-15H2,1-7H3. The Morgan fingerprint density at radius 2 is 1.73 bits per heavy atom. The van der Waals surface area contributed by atoms with E-state index in [4.69, 9.17) is 31.0 Å². The van der Waals surface area contributed by atoms with Gasteiger partial charge >= 0.3 is 5.97 Å².